The summed E-state index contributed by atoms with van der Waals surface area (Å²) in [7, 11) is 0. The fourth-order valence-corrected chi connectivity index (χ4v) is 6.38. The second-order valence-electron chi connectivity index (χ2n) is 11.9. The van der Waals surface area contributed by atoms with E-state index in [9.17, 15) is 19.8 Å². The van der Waals surface area contributed by atoms with Crippen molar-refractivity contribution >= 4 is 41.0 Å². The van der Waals surface area contributed by atoms with E-state index < -0.39 is 17.4 Å². The summed E-state index contributed by atoms with van der Waals surface area (Å²) < 4.78 is 1.72. The van der Waals surface area contributed by atoms with Gasteiger partial charge < -0.3 is 15.1 Å². The molecule has 2 heterocycles. The number of rotatable bonds is 13. The average Bonchev–Trinajstić information content (AvgIpc) is 3.66. The van der Waals surface area contributed by atoms with Crippen molar-refractivity contribution in [2.45, 2.75) is 38.0 Å². The zero-order chi connectivity index (χ0) is 33.7. The number of benzene rings is 4. The number of hydrogen-bond donors (Lipinski definition) is 2. The van der Waals surface area contributed by atoms with Gasteiger partial charge in [0.2, 0.25) is 6.41 Å². The van der Waals surface area contributed by atoms with Gasteiger partial charge >= 0.3 is 0 Å². The predicted octanol–water partition coefficient (Wildman–Crippen LogP) is 6.37. The van der Waals surface area contributed by atoms with Crippen molar-refractivity contribution in [1.29, 1.82) is 0 Å². The Labute approximate surface area is 284 Å². The maximum absolute atomic E-state index is 14.1. The molecular formula is C38H36ClN5O4. The van der Waals surface area contributed by atoms with Crippen LogP contribution in [0.1, 0.15) is 41.6 Å². The van der Waals surface area contributed by atoms with Crippen molar-refractivity contribution in [1.82, 2.24) is 15.0 Å². The van der Waals surface area contributed by atoms with E-state index in [0.29, 0.717) is 40.6 Å². The van der Waals surface area contributed by atoms with Crippen molar-refractivity contribution in [3.05, 3.63) is 149 Å². The number of carbonyl (C=O) groups is 2. The van der Waals surface area contributed by atoms with E-state index in [-0.39, 0.29) is 19.1 Å². The second kappa shape index (κ2) is 14.4. The lowest BCUT2D eigenvalue weighted by Gasteiger charge is -2.28. The fourth-order valence-electron chi connectivity index (χ4n) is 6.21. The van der Waals surface area contributed by atoms with Crippen molar-refractivity contribution in [3.8, 4) is 0 Å². The maximum Gasteiger partial charge on any atom is 0.264 e. The van der Waals surface area contributed by atoms with E-state index >= 15 is 0 Å². The normalized spacial score (nSPS) is 17.0. The van der Waals surface area contributed by atoms with E-state index in [1.54, 1.807) is 32.7 Å². The zero-order valence-corrected chi connectivity index (χ0v) is 27.2. The van der Waals surface area contributed by atoms with Gasteiger partial charge in [-0.15, -0.1) is 5.10 Å². The summed E-state index contributed by atoms with van der Waals surface area (Å²) in [5.74, 6) is -1.29. The first-order valence-electron chi connectivity index (χ1n) is 15.8. The van der Waals surface area contributed by atoms with Crippen LogP contribution in [0, 0.1) is 5.92 Å². The highest BCUT2D eigenvalue weighted by molar-refractivity contribution is 6.31. The SMILES string of the molecule is C[C@@H](/C=C/CCn1cc(C(CO)c2ccccc2)nn1)[C@]1(O)C(=O)N(Cc2cccc(N(C=O)c3ccccc3)c2)c2ccc(Cl)cc21. The first kappa shape index (κ1) is 32.8. The summed E-state index contributed by atoms with van der Waals surface area (Å²) in [4.78, 5) is 29.3. The molecule has 2 amide bonds. The van der Waals surface area contributed by atoms with Crippen LogP contribution in [0.25, 0.3) is 0 Å². The number of anilines is 3. The largest absolute Gasteiger partial charge is 0.395 e. The Kier molecular flexibility index (Phi) is 9.82. The molecule has 1 aliphatic heterocycles. The van der Waals surface area contributed by atoms with Gasteiger partial charge in [0.05, 0.1) is 30.5 Å². The Morgan fingerprint density at radius 3 is 2.42 bits per heavy atom. The standard InChI is InChI=1S/C38H36ClN5O4/c1-27(11-8-9-20-42-24-35(40-41-42)33(25-45)29-13-4-2-5-14-29)38(48)34-22-30(39)18-19-36(34)43(37(38)47)23-28-12-10-17-32(21-28)44(26-46)31-15-6-3-7-16-31/h2-8,10-19,21-22,24,26-27,33,45,48H,9,20,23,25H2,1H3/b11-8+/t27-,33?,38+/m0/s1. The molecule has 9 nitrogen and oxygen atoms in total. The monoisotopic (exact) mass is 661 g/mol. The van der Waals surface area contributed by atoms with Gasteiger partial charge in [-0.2, -0.15) is 0 Å². The molecule has 1 unspecified atom stereocenters. The molecule has 10 heteroatoms. The lowest BCUT2D eigenvalue weighted by Crippen LogP contribution is -2.44. The number of nitrogens with zero attached hydrogens (tertiary/aromatic N) is 5. The minimum absolute atomic E-state index is 0.0778. The molecule has 0 saturated heterocycles. The molecule has 0 radical (unpaired) electrons. The number of aliphatic hydroxyl groups is 2. The third-order valence-corrected chi connectivity index (χ3v) is 9.04. The van der Waals surface area contributed by atoms with Gasteiger partial charge in [-0.05, 0) is 60.0 Å². The van der Waals surface area contributed by atoms with E-state index in [1.807, 2.05) is 110 Å². The number of halogens is 1. The van der Waals surface area contributed by atoms with Crippen LogP contribution in [0.4, 0.5) is 17.1 Å². The number of carbonyl (C=O) groups excluding carboxylic acids is 2. The molecule has 3 atom stereocenters. The lowest BCUT2D eigenvalue weighted by atomic mass is 9.83. The number of para-hydroxylation sites is 1. The Hall–Kier alpha value is -5.09. The highest BCUT2D eigenvalue weighted by Gasteiger charge is 2.52. The average molecular weight is 662 g/mol. The van der Waals surface area contributed by atoms with E-state index in [4.69, 9.17) is 11.6 Å². The van der Waals surface area contributed by atoms with Crippen molar-refractivity contribution < 1.29 is 19.8 Å². The number of aryl methyl sites for hydroxylation is 1. The first-order valence-corrected chi connectivity index (χ1v) is 16.2. The Balaban J connectivity index is 1.17. The quantitative estimate of drug-likeness (QED) is 0.112. The molecule has 0 aliphatic carbocycles. The molecule has 0 spiro atoms. The van der Waals surface area contributed by atoms with E-state index in [2.05, 4.69) is 10.3 Å². The number of amides is 2. The van der Waals surface area contributed by atoms with Crippen LogP contribution in [-0.2, 0) is 28.3 Å². The smallest absolute Gasteiger partial charge is 0.264 e. The second-order valence-corrected chi connectivity index (χ2v) is 12.3. The first-order chi connectivity index (χ1) is 23.3. The van der Waals surface area contributed by atoms with Crippen molar-refractivity contribution in [2.75, 3.05) is 16.4 Å². The van der Waals surface area contributed by atoms with Crippen molar-refractivity contribution in [3.63, 3.8) is 0 Å². The Bertz CT molecular complexity index is 1920. The minimum atomic E-state index is -1.84. The molecule has 6 rings (SSSR count). The molecule has 0 bridgehead atoms. The van der Waals surface area contributed by atoms with Gasteiger partial charge in [-0.1, -0.05) is 96.6 Å². The van der Waals surface area contributed by atoms with Crippen LogP contribution < -0.4 is 9.80 Å². The molecule has 1 aromatic heterocycles. The molecule has 4 aromatic carbocycles. The lowest BCUT2D eigenvalue weighted by molar-refractivity contribution is -0.139. The van der Waals surface area contributed by atoms with Gasteiger partial charge in [-0.3, -0.25) is 19.2 Å². The van der Waals surface area contributed by atoms with E-state index in [1.165, 1.54) is 0 Å². The molecule has 0 fully saturated rings. The highest BCUT2D eigenvalue weighted by Crippen LogP contribution is 2.47. The summed E-state index contributed by atoms with van der Waals surface area (Å²) in [6.07, 6.45) is 6.94. The molecule has 1 aliphatic rings. The third-order valence-electron chi connectivity index (χ3n) is 8.81. The minimum Gasteiger partial charge on any atom is -0.395 e. The Morgan fingerprint density at radius 1 is 0.958 bits per heavy atom. The molecule has 48 heavy (non-hydrogen) atoms. The van der Waals surface area contributed by atoms with Crippen LogP contribution in [0.15, 0.2) is 121 Å². The fraction of sp³-hybridized carbons (Fsp3) is 0.211. The third kappa shape index (κ3) is 6.53. The number of aromatic nitrogens is 3. The zero-order valence-electron chi connectivity index (χ0n) is 26.4. The maximum atomic E-state index is 14.1. The topological polar surface area (TPSA) is 112 Å². The molecule has 244 valence electrons. The van der Waals surface area contributed by atoms with Crippen LogP contribution >= 0.6 is 11.6 Å². The van der Waals surface area contributed by atoms with Crippen LogP contribution in [0.5, 0.6) is 0 Å². The molecule has 2 N–H and O–H groups in total. The van der Waals surface area contributed by atoms with Gasteiger partial charge in [0.25, 0.3) is 5.91 Å². The van der Waals surface area contributed by atoms with E-state index in [0.717, 1.165) is 23.2 Å². The van der Waals surface area contributed by atoms with Crippen LogP contribution in [0.2, 0.25) is 5.02 Å². The molecule has 5 aromatic rings. The van der Waals surface area contributed by atoms with Crippen molar-refractivity contribution in [2.24, 2.45) is 5.92 Å². The number of hydrogen-bond acceptors (Lipinski definition) is 6. The van der Waals surface area contributed by atoms with Gasteiger partial charge in [0.15, 0.2) is 5.60 Å². The summed E-state index contributed by atoms with van der Waals surface area (Å²) in [6.45, 7) is 2.45. The number of aliphatic hydroxyl groups excluding tert-OH is 1. The Morgan fingerprint density at radius 2 is 1.69 bits per heavy atom. The van der Waals surface area contributed by atoms with Crippen LogP contribution in [-0.4, -0.2) is 44.1 Å². The van der Waals surface area contributed by atoms with Gasteiger partial charge in [0, 0.05) is 40.6 Å². The molecule has 0 saturated carbocycles. The number of fused-ring (bicyclic) bond motifs is 1. The highest BCUT2D eigenvalue weighted by atomic mass is 35.5. The number of allylic oxidation sites excluding steroid dienone is 1. The summed E-state index contributed by atoms with van der Waals surface area (Å²) in [5, 5.41) is 31.0. The molecular weight excluding hydrogens is 626 g/mol. The van der Waals surface area contributed by atoms with Gasteiger partial charge in [0.1, 0.15) is 0 Å². The summed E-state index contributed by atoms with van der Waals surface area (Å²) >= 11 is 6.38. The predicted molar refractivity (Wildman–Crippen MR) is 186 cm³/mol. The van der Waals surface area contributed by atoms with Crippen LogP contribution in [0.3, 0.4) is 0 Å². The van der Waals surface area contributed by atoms with Gasteiger partial charge in [-0.25, -0.2) is 0 Å². The summed E-state index contributed by atoms with van der Waals surface area (Å²) in [5.41, 5.74) is 3.02. The summed E-state index contributed by atoms with van der Waals surface area (Å²) in [6, 6.07) is 31.5.